The van der Waals surface area contributed by atoms with Crippen LogP contribution in [0.3, 0.4) is 0 Å². The van der Waals surface area contributed by atoms with E-state index in [1.165, 1.54) is 19.3 Å². The number of rotatable bonds is 6. The Morgan fingerprint density at radius 1 is 1.32 bits per heavy atom. The summed E-state index contributed by atoms with van der Waals surface area (Å²) < 4.78 is 5.44. The summed E-state index contributed by atoms with van der Waals surface area (Å²) in [5.41, 5.74) is 0.782. The second-order valence-corrected chi connectivity index (χ2v) is 8.01. The largest absolute Gasteiger partial charge is 0.392 e. The van der Waals surface area contributed by atoms with Crippen molar-refractivity contribution in [3.05, 3.63) is 28.0 Å². The highest BCUT2D eigenvalue weighted by molar-refractivity contribution is 7.11. The maximum absolute atomic E-state index is 12.5. The summed E-state index contributed by atoms with van der Waals surface area (Å²) in [5.74, 6) is -0.0193. The van der Waals surface area contributed by atoms with Gasteiger partial charge in [0.2, 0.25) is 5.91 Å². The van der Waals surface area contributed by atoms with Gasteiger partial charge in [0.05, 0.1) is 25.4 Å². The van der Waals surface area contributed by atoms with Crippen molar-refractivity contribution >= 4 is 23.3 Å². The third-order valence-electron chi connectivity index (χ3n) is 5.08. The molecule has 1 aliphatic carbocycles. The summed E-state index contributed by atoms with van der Waals surface area (Å²) in [4.78, 5) is 15.9. The molecule has 1 aromatic rings. The Morgan fingerprint density at radius 2 is 2.08 bits per heavy atom. The van der Waals surface area contributed by atoms with Crippen LogP contribution in [0, 0.1) is 0 Å². The van der Waals surface area contributed by atoms with Crippen LogP contribution in [0.1, 0.15) is 42.5 Å². The number of ether oxygens (including phenoxy) is 1. The third-order valence-corrected chi connectivity index (χ3v) is 6.03. The molecular weight excluding hydrogens is 336 g/mol. The van der Waals surface area contributed by atoms with E-state index in [4.69, 9.17) is 9.84 Å². The molecule has 0 bridgehead atoms. The summed E-state index contributed by atoms with van der Waals surface area (Å²) in [6, 6.07) is 1.92. The Bertz CT molecular complexity index is 587. The second kappa shape index (κ2) is 8.94. The van der Waals surface area contributed by atoms with Crippen molar-refractivity contribution in [3.8, 4) is 0 Å². The maximum atomic E-state index is 12.5. The number of aliphatic hydroxyl groups excluding tert-OH is 1. The minimum Gasteiger partial charge on any atom is -0.392 e. The number of amides is 1. The molecule has 0 unspecified atom stereocenters. The second-order valence-electron chi connectivity index (χ2n) is 7.07. The van der Waals surface area contributed by atoms with Gasteiger partial charge in [-0.15, -0.1) is 11.3 Å². The van der Waals surface area contributed by atoms with Gasteiger partial charge >= 0.3 is 0 Å². The first-order valence-corrected chi connectivity index (χ1v) is 10.1. The van der Waals surface area contributed by atoms with Crippen molar-refractivity contribution in [2.75, 3.05) is 32.8 Å². The molecule has 0 radical (unpaired) electrons. The number of carbonyl (C=O) groups is 1. The summed E-state index contributed by atoms with van der Waals surface area (Å²) in [6.07, 6.45) is 9.19. The van der Waals surface area contributed by atoms with Gasteiger partial charge in [0.15, 0.2) is 0 Å². The van der Waals surface area contributed by atoms with Gasteiger partial charge in [0.25, 0.3) is 0 Å². The molecular formula is C19H28N2O3S. The van der Waals surface area contributed by atoms with E-state index in [1.54, 1.807) is 17.4 Å². The van der Waals surface area contributed by atoms with Crippen LogP contribution in [0.25, 0.3) is 6.08 Å². The fourth-order valence-electron chi connectivity index (χ4n) is 3.76. The number of thiophene rings is 1. The molecule has 2 aliphatic rings. The normalized spacial score (nSPS) is 21.5. The highest BCUT2D eigenvalue weighted by Gasteiger charge is 2.35. The highest BCUT2D eigenvalue weighted by atomic mass is 32.1. The molecule has 1 aromatic heterocycles. The zero-order chi connectivity index (χ0) is 17.5. The zero-order valence-electron chi connectivity index (χ0n) is 14.7. The lowest BCUT2D eigenvalue weighted by molar-refractivity contribution is -0.119. The van der Waals surface area contributed by atoms with Crippen LogP contribution in [0.15, 0.2) is 17.5 Å². The molecule has 5 nitrogen and oxygen atoms in total. The lowest BCUT2D eigenvalue weighted by atomic mass is 9.81. The number of aliphatic hydroxyl groups is 1. The van der Waals surface area contributed by atoms with E-state index < -0.39 is 0 Å². The van der Waals surface area contributed by atoms with Gasteiger partial charge in [-0.25, -0.2) is 0 Å². The van der Waals surface area contributed by atoms with E-state index in [-0.39, 0.29) is 18.1 Å². The summed E-state index contributed by atoms with van der Waals surface area (Å²) in [5, 5.41) is 14.4. The van der Waals surface area contributed by atoms with Crippen molar-refractivity contribution < 1.29 is 14.6 Å². The molecule has 2 N–H and O–H groups in total. The van der Waals surface area contributed by atoms with Crippen molar-refractivity contribution in [3.63, 3.8) is 0 Å². The first-order valence-electron chi connectivity index (χ1n) is 9.18. The molecule has 138 valence electrons. The van der Waals surface area contributed by atoms with Gasteiger partial charge in [-0.05, 0) is 35.9 Å². The Kier molecular flexibility index (Phi) is 6.64. The summed E-state index contributed by atoms with van der Waals surface area (Å²) in [6.45, 7) is 4.44. The van der Waals surface area contributed by atoms with E-state index in [9.17, 15) is 4.79 Å². The molecule has 1 saturated carbocycles. The minimum absolute atomic E-state index is 0.0193. The SMILES string of the molecule is O=C(C=Cc1cc(CO)cs1)NC1(CN2CCOCC2)CCCCC1. The lowest BCUT2D eigenvalue weighted by Crippen LogP contribution is -2.57. The zero-order valence-corrected chi connectivity index (χ0v) is 15.5. The van der Waals surface area contributed by atoms with Crippen LogP contribution < -0.4 is 5.32 Å². The number of nitrogens with one attached hydrogen (secondary N) is 1. The number of carbonyl (C=O) groups excluding carboxylic acids is 1. The highest BCUT2D eigenvalue weighted by Crippen LogP contribution is 2.29. The van der Waals surface area contributed by atoms with E-state index in [2.05, 4.69) is 10.2 Å². The molecule has 1 aliphatic heterocycles. The quantitative estimate of drug-likeness (QED) is 0.761. The standard InChI is InChI=1S/C19H28N2O3S/c22-13-16-12-17(25-14-16)4-5-18(23)20-19(6-2-1-3-7-19)15-21-8-10-24-11-9-21/h4-5,12,14,22H,1-3,6-11,13,15H2,(H,20,23). The van der Waals surface area contributed by atoms with Gasteiger partial charge in [0.1, 0.15) is 0 Å². The average molecular weight is 365 g/mol. The van der Waals surface area contributed by atoms with Crippen LogP contribution in [-0.2, 0) is 16.1 Å². The van der Waals surface area contributed by atoms with Gasteiger partial charge in [-0.2, -0.15) is 0 Å². The average Bonchev–Trinajstić information content (AvgIpc) is 3.10. The molecule has 25 heavy (non-hydrogen) atoms. The monoisotopic (exact) mass is 364 g/mol. The Hall–Kier alpha value is -1.21. The molecule has 1 amide bonds. The number of hydrogen-bond donors (Lipinski definition) is 2. The third kappa shape index (κ3) is 5.38. The summed E-state index contributed by atoms with van der Waals surface area (Å²) in [7, 11) is 0. The van der Waals surface area contributed by atoms with Gasteiger partial charge < -0.3 is 15.2 Å². The number of hydrogen-bond acceptors (Lipinski definition) is 5. The first kappa shape index (κ1) is 18.6. The predicted octanol–water partition coefficient (Wildman–Crippen LogP) is 2.40. The molecule has 1 saturated heterocycles. The smallest absolute Gasteiger partial charge is 0.244 e. The van der Waals surface area contributed by atoms with Crippen LogP contribution in [0.5, 0.6) is 0 Å². The van der Waals surface area contributed by atoms with E-state index >= 15 is 0 Å². The fraction of sp³-hybridized carbons (Fsp3) is 0.632. The van der Waals surface area contributed by atoms with E-state index in [0.29, 0.717) is 0 Å². The van der Waals surface area contributed by atoms with E-state index in [1.807, 2.05) is 17.5 Å². The first-order chi connectivity index (χ1) is 12.2. The predicted molar refractivity (Wildman–Crippen MR) is 100 cm³/mol. The van der Waals surface area contributed by atoms with Crippen LogP contribution in [-0.4, -0.2) is 54.3 Å². The van der Waals surface area contributed by atoms with Crippen molar-refractivity contribution in [1.82, 2.24) is 10.2 Å². The molecule has 3 rings (SSSR count). The number of morpholine rings is 1. The lowest BCUT2D eigenvalue weighted by Gasteiger charge is -2.42. The fourth-order valence-corrected chi connectivity index (χ4v) is 4.56. The molecule has 2 heterocycles. The van der Waals surface area contributed by atoms with Crippen LogP contribution in [0.4, 0.5) is 0 Å². The Labute approximate surface area is 153 Å². The van der Waals surface area contributed by atoms with Crippen molar-refractivity contribution in [2.45, 2.75) is 44.2 Å². The maximum Gasteiger partial charge on any atom is 0.244 e. The minimum atomic E-state index is -0.108. The Morgan fingerprint density at radius 3 is 2.76 bits per heavy atom. The molecule has 6 heteroatoms. The van der Waals surface area contributed by atoms with Crippen molar-refractivity contribution in [2.24, 2.45) is 0 Å². The van der Waals surface area contributed by atoms with Crippen LogP contribution in [0.2, 0.25) is 0 Å². The molecule has 0 atom stereocenters. The van der Waals surface area contributed by atoms with Gasteiger partial charge in [-0.1, -0.05) is 19.3 Å². The van der Waals surface area contributed by atoms with Crippen LogP contribution >= 0.6 is 11.3 Å². The van der Waals surface area contributed by atoms with E-state index in [0.717, 1.165) is 56.1 Å². The molecule has 0 spiro atoms. The number of nitrogens with zero attached hydrogens (tertiary/aromatic N) is 1. The molecule has 0 aromatic carbocycles. The topological polar surface area (TPSA) is 61.8 Å². The summed E-state index contributed by atoms with van der Waals surface area (Å²) >= 11 is 1.54. The van der Waals surface area contributed by atoms with Crippen molar-refractivity contribution in [1.29, 1.82) is 0 Å². The van der Waals surface area contributed by atoms with Gasteiger partial charge in [0, 0.05) is 30.6 Å². The molecule has 2 fully saturated rings. The Balaban J connectivity index is 1.61. The van der Waals surface area contributed by atoms with Gasteiger partial charge in [-0.3, -0.25) is 9.69 Å².